The van der Waals surface area contributed by atoms with E-state index >= 15 is 0 Å². The normalized spacial score (nSPS) is 11.4. The number of nitrogens with zero attached hydrogens (tertiary/aromatic N) is 1. The van der Waals surface area contributed by atoms with Crippen LogP contribution >= 0.6 is 0 Å². The van der Waals surface area contributed by atoms with Crippen molar-refractivity contribution in [1.29, 1.82) is 0 Å². The molecule has 0 amide bonds. The summed E-state index contributed by atoms with van der Waals surface area (Å²) in [6, 6.07) is 3.34. The van der Waals surface area contributed by atoms with Crippen LogP contribution in [0.5, 0.6) is 0 Å². The summed E-state index contributed by atoms with van der Waals surface area (Å²) >= 11 is 0. The number of aliphatic carboxylic acids is 1. The number of rotatable bonds is 3. The van der Waals surface area contributed by atoms with E-state index < -0.39 is 17.7 Å². The van der Waals surface area contributed by atoms with E-state index in [0.717, 1.165) is 6.07 Å². The van der Waals surface area contributed by atoms with Gasteiger partial charge < -0.3 is 10.0 Å². The van der Waals surface area contributed by atoms with E-state index in [9.17, 15) is 18.0 Å². The molecule has 0 saturated carbocycles. The molecule has 6 heteroatoms. The molecular weight excluding hydrogens is 235 g/mol. The van der Waals surface area contributed by atoms with Gasteiger partial charge in [0.05, 0.1) is 12.0 Å². The van der Waals surface area contributed by atoms with E-state index in [1.165, 1.54) is 31.1 Å². The summed E-state index contributed by atoms with van der Waals surface area (Å²) in [4.78, 5) is 11.8. The largest absolute Gasteiger partial charge is 0.481 e. The summed E-state index contributed by atoms with van der Waals surface area (Å²) in [7, 11) is 2.96. The molecule has 0 heterocycles. The van der Waals surface area contributed by atoms with E-state index in [2.05, 4.69) is 0 Å². The summed E-state index contributed by atoms with van der Waals surface area (Å²) in [6.07, 6.45) is -4.74. The van der Waals surface area contributed by atoms with Gasteiger partial charge in [-0.15, -0.1) is 0 Å². The maximum atomic E-state index is 12.7. The minimum atomic E-state index is -4.44. The molecule has 0 aliphatic rings. The summed E-state index contributed by atoms with van der Waals surface area (Å²) < 4.78 is 38.0. The van der Waals surface area contributed by atoms with E-state index in [1.807, 2.05) is 0 Å². The molecule has 0 aliphatic heterocycles. The van der Waals surface area contributed by atoms with Crippen molar-refractivity contribution in [3.05, 3.63) is 29.3 Å². The highest BCUT2D eigenvalue weighted by Crippen LogP contribution is 2.36. The van der Waals surface area contributed by atoms with Gasteiger partial charge in [-0.3, -0.25) is 4.79 Å². The lowest BCUT2D eigenvalue weighted by Crippen LogP contribution is -2.17. The Bertz CT molecular complexity index is 427. The number of benzene rings is 1. The zero-order valence-corrected chi connectivity index (χ0v) is 9.38. The third-order valence-electron chi connectivity index (χ3n) is 2.20. The topological polar surface area (TPSA) is 40.5 Å². The van der Waals surface area contributed by atoms with E-state index in [4.69, 9.17) is 5.11 Å². The Labute approximate surface area is 96.5 Å². The molecule has 94 valence electrons. The van der Waals surface area contributed by atoms with Gasteiger partial charge in [0.25, 0.3) is 0 Å². The van der Waals surface area contributed by atoms with Crippen LogP contribution in [0.1, 0.15) is 11.1 Å². The molecule has 0 unspecified atom stereocenters. The average molecular weight is 247 g/mol. The molecule has 0 radical (unpaired) electrons. The molecule has 0 spiro atoms. The van der Waals surface area contributed by atoms with Gasteiger partial charge in [0.2, 0.25) is 0 Å². The third kappa shape index (κ3) is 3.37. The Morgan fingerprint density at radius 3 is 2.35 bits per heavy atom. The molecule has 0 aromatic heterocycles. The first-order valence-corrected chi connectivity index (χ1v) is 4.81. The number of carbonyl (C=O) groups is 1. The minimum Gasteiger partial charge on any atom is -0.481 e. The molecule has 17 heavy (non-hydrogen) atoms. The van der Waals surface area contributed by atoms with E-state index in [-0.39, 0.29) is 12.1 Å². The SMILES string of the molecule is CN(C)c1cc(CC(=O)O)ccc1C(F)(F)F. The van der Waals surface area contributed by atoms with Crippen molar-refractivity contribution in [3.63, 3.8) is 0 Å². The molecular formula is C11H12F3NO2. The van der Waals surface area contributed by atoms with Crippen LogP contribution in [0.3, 0.4) is 0 Å². The lowest BCUT2D eigenvalue weighted by Gasteiger charge is -2.20. The fraction of sp³-hybridized carbons (Fsp3) is 0.364. The standard InChI is InChI=1S/C11H12F3NO2/c1-15(2)9-5-7(6-10(16)17)3-4-8(9)11(12,13)14/h3-5H,6H2,1-2H3,(H,16,17). The smallest absolute Gasteiger partial charge is 0.418 e. The van der Waals surface area contributed by atoms with Crippen molar-refractivity contribution in [3.8, 4) is 0 Å². The Kier molecular flexibility index (Phi) is 3.65. The zero-order chi connectivity index (χ0) is 13.2. The highest BCUT2D eigenvalue weighted by Gasteiger charge is 2.34. The predicted octanol–water partition coefficient (Wildman–Crippen LogP) is 2.40. The van der Waals surface area contributed by atoms with Gasteiger partial charge in [-0.2, -0.15) is 13.2 Å². The second kappa shape index (κ2) is 4.65. The molecule has 0 bridgehead atoms. The summed E-state index contributed by atoms with van der Waals surface area (Å²) in [5, 5.41) is 8.59. The zero-order valence-electron chi connectivity index (χ0n) is 9.38. The maximum absolute atomic E-state index is 12.7. The molecule has 1 aromatic carbocycles. The van der Waals surface area contributed by atoms with Gasteiger partial charge in [0, 0.05) is 19.8 Å². The highest BCUT2D eigenvalue weighted by molar-refractivity contribution is 5.71. The lowest BCUT2D eigenvalue weighted by molar-refractivity contribution is -0.137. The van der Waals surface area contributed by atoms with Crippen LogP contribution < -0.4 is 4.90 Å². The van der Waals surface area contributed by atoms with Crippen molar-refractivity contribution in [2.75, 3.05) is 19.0 Å². The molecule has 1 rings (SSSR count). The van der Waals surface area contributed by atoms with Crippen LogP contribution in [0.15, 0.2) is 18.2 Å². The molecule has 0 atom stereocenters. The average Bonchev–Trinajstić information content (AvgIpc) is 2.14. The number of hydrogen-bond donors (Lipinski definition) is 1. The van der Waals surface area contributed by atoms with Crippen LogP contribution in [0, 0.1) is 0 Å². The number of carboxylic acid groups (broad SMARTS) is 1. The van der Waals surface area contributed by atoms with Crippen LogP contribution in [-0.2, 0) is 17.4 Å². The Morgan fingerprint density at radius 2 is 1.94 bits per heavy atom. The fourth-order valence-corrected chi connectivity index (χ4v) is 1.47. The van der Waals surface area contributed by atoms with Crippen molar-refractivity contribution >= 4 is 11.7 Å². The van der Waals surface area contributed by atoms with E-state index in [1.54, 1.807) is 0 Å². The monoisotopic (exact) mass is 247 g/mol. The van der Waals surface area contributed by atoms with Crippen LogP contribution in [0.4, 0.5) is 18.9 Å². The molecule has 0 aliphatic carbocycles. The quantitative estimate of drug-likeness (QED) is 0.891. The first-order valence-electron chi connectivity index (χ1n) is 4.81. The molecule has 1 N–H and O–H groups in total. The molecule has 0 fully saturated rings. The summed E-state index contributed by atoms with van der Waals surface area (Å²) in [5.41, 5.74) is -0.456. The number of hydrogen-bond acceptors (Lipinski definition) is 2. The maximum Gasteiger partial charge on any atom is 0.418 e. The number of carboxylic acids is 1. The van der Waals surface area contributed by atoms with E-state index in [0.29, 0.717) is 5.56 Å². The number of alkyl halides is 3. The molecule has 3 nitrogen and oxygen atoms in total. The van der Waals surface area contributed by atoms with Gasteiger partial charge in [-0.05, 0) is 17.7 Å². The summed E-state index contributed by atoms with van der Waals surface area (Å²) in [5.74, 6) is -1.07. The van der Waals surface area contributed by atoms with Gasteiger partial charge in [-0.1, -0.05) is 6.07 Å². The second-order valence-electron chi connectivity index (χ2n) is 3.81. The second-order valence-corrected chi connectivity index (χ2v) is 3.81. The van der Waals surface area contributed by atoms with Crippen molar-refractivity contribution < 1.29 is 23.1 Å². The van der Waals surface area contributed by atoms with Crippen molar-refractivity contribution in [1.82, 2.24) is 0 Å². The van der Waals surface area contributed by atoms with Crippen LogP contribution in [0.25, 0.3) is 0 Å². The highest BCUT2D eigenvalue weighted by atomic mass is 19.4. The predicted molar refractivity (Wildman–Crippen MR) is 57.1 cm³/mol. The Hall–Kier alpha value is -1.72. The van der Waals surface area contributed by atoms with Gasteiger partial charge in [0.15, 0.2) is 0 Å². The van der Waals surface area contributed by atoms with Crippen molar-refractivity contribution in [2.45, 2.75) is 12.6 Å². The Balaban J connectivity index is 3.22. The lowest BCUT2D eigenvalue weighted by atomic mass is 10.1. The number of halogens is 3. The van der Waals surface area contributed by atoms with Crippen molar-refractivity contribution in [2.24, 2.45) is 0 Å². The van der Waals surface area contributed by atoms with Gasteiger partial charge in [-0.25, -0.2) is 0 Å². The van der Waals surface area contributed by atoms with Crippen LogP contribution in [0.2, 0.25) is 0 Å². The molecule has 0 saturated heterocycles. The molecule has 1 aromatic rings. The fourth-order valence-electron chi connectivity index (χ4n) is 1.47. The first-order chi connectivity index (χ1) is 7.71. The van der Waals surface area contributed by atoms with Gasteiger partial charge >= 0.3 is 12.1 Å². The minimum absolute atomic E-state index is 0.0312. The van der Waals surface area contributed by atoms with Crippen LogP contribution in [-0.4, -0.2) is 25.2 Å². The number of anilines is 1. The first kappa shape index (κ1) is 13.3. The van der Waals surface area contributed by atoms with Gasteiger partial charge in [0.1, 0.15) is 0 Å². The third-order valence-corrected chi connectivity index (χ3v) is 2.20. The Morgan fingerprint density at radius 1 is 1.35 bits per heavy atom. The summed E-state index contributed by atoms with van der Waals surface area (Å²) in [6.45, 7) is 0.